The minimum atomic E-state index is -4.03. The van der Waals surface area contributed by atoms with Gasteiger partial charge in [-0.05, 0) is 29.7 Å². The van der Waals surface area contributed by atoms with Crippen LogP contribution in [0.3, 0.4) is 0 Å². The highest BCUT2D eigenvalue weighted by Gasteiger charge is 2.41. The second-order valence-corrected chi connectivity index (χ2v) is 14.3. The fourth-order valence-corrected chi connectivity index (χ4v) is 8.68. The third-order valence-corrected chi connectivity index (χ3v) is 10.6. The standard InChI is InChI=1S/C30H32N2O7S2/c1-2-3-18-27(41(37,38)20-23-14-8-5-9-15-23)24(21-40(35,36)19-22-12-6-4-7-13-22)28(33)32-29(34)30-31-25-16-10-11-17-26(25)39-30/h4-17,24,27H,2-3,18-21H2,1H3,(H,32,33,34). The SMILES string of the molecule is CCCCC(C(CS(=O)(=O)Cc1ccccc1)C(=O)NC(=O)c1nc2ccccc2o1)S(=O)(=O)Cc1ccccc1. The Morgan fingerprint density at radius 1 is 0.829 bits per heavy atom. The second-order valence-electron chi connectivity index (χ2n) is 9.93. The van der Waals surface area contributed by atoms with E-state index in [0.717, 1.165) is 0 Å². The molecule has 4 aromatic rings. The molecule has 0 fully saturated rings. The highest BCUT2D eigenvalue weighted by Crippen LogP contribution is 2.26. The van der Waals surface area contributed by atoms with Gasteiger partial charge in [0, 0.05) is 0 Å². The molecule has 41 heavy (non-hydrogen) atoms. The number of rotatable bonds is 13. The van der Waals surface area contributed by atoms with Gasteiger partial charge in [0.2, 0.25) is 5.91 Å². The number of benzene rings is 3. The molecule has 0 radical (unpaired) electrons. The Hall–Kier alpha value is -3.83. The first kappa shape index (κ1) is 30.1. The summed E-state index contributed by atoms with van der Waals surface area (Å²) in [7, 11) is -8.01. The summed E-state index contributed by atoms with van der Waals surface area (Å²) in [5.74, 6) is -5.42. The van der Waals surface area contributed by atoms with Crippen LogP contribution in [0, 0.1) is 5.92 Å². The molecular weight excluding hydrogens is 564 g/mol. The van der Waals surface area contributed by atoms with Crippen molar-refractivity contribution in [3.8, 4) is 0 Å². The maximum Gasteiger partial charge on any atom is 0.313 e. The van der Waals surface area contributed by atoms with Crippen LogP contribution in [0.4, 0.5) is 0 Å². The quantitative estimate of drug-likeness (QED) is 0.238. The van der Waals surface area contributed by atoms with E-state index in [4.69, 9.17) is 4.42 Å². The third-order valence-electron chi connectivity index (χ3n) is 6.69. The van der Waals surface area contributed by atoms with Gasteiger partial charge in [-0.25, -0.2) is 21.8 Å². The molecule has 216 valence electrons. The van der Waals surface area contributed by atoms with Gasteiger partial charge in [-0.15, -0.1) is 0 Å². The molecule has 0 aliphatic rings. The van der Waals surface area contributed by atoms with E-state index in [-0.39, 0.29) is 23.8 Å². The van der Waals surface area contributed by atoms with Gasteiger partial charge in [0.15, 0.2) is 25.3 Å². The molecule has 1 N–H and O–H groups in total. The Bertz CT molecular complexity index is 1670. The smallest absolute Gasteiger partial charge is 0.313 e. The first-order valence-corrected chi connectivity index (χ1v) is 16.8. The van der Waals surface area contributed by atoms with E-state index < -0.39 is 48.4 Å². The highest BCUT2D eigenvalue weighted by atomic mass is 32.2. The topological polar surface area (TPSA) is 140 Å². The minimum Gasteiger partial charge on any atom is -0.432 e. The molecule has 0 aliphatic heterocycles. The number of fused-ring (bicyclic) bond motifs is 1. The van der Waals surface area contributed by atoms with Crippen molar-refractivity contribution in [1.82, 2.24) is 10.3 Å². The zero-order chi connectivity index (χ0) is 29.5. The number of carbonyl (C=O) groups excluding carboxylic acids is 2. The van der Waals surface area contributed by atoms with Crippen LogP contribution >= 0.6 is 0 Å². The Kier molecular flexibility index (Phi) is 9.72. The van der Waals surface area contributed by atoms with E-state index in [0.29, 0.717) is 35.1 Å². The monoisotopic (exact) mass is 596 g/mol. The highest BCUT2D eigenvalue weighted by molar-refractivity contribution is 7.92. The number of sulfone groups is 2. The molecule has 0 aliphatic carbocycles. The summed E-state index contributed by atoms with van der Waals surface area (Å²) in [6, 6.07) is 23.6. The van der Waals surface area contributed by atoms with Gasteiger partial charge in [-0.1, -0.05) is 92.6 Å². The molecule has 3 aromatic carbocycles. The van der Waals surface area contributed by atoms with Gasteiger partial charge < -0.3 is 4.42 Å². The van der Waals surface area contributed by atoms with Crippen LogP contribution in [-0.2, 0) is 36.0 Å². The first-order valence-electron chi connectivity index (χ1n) is 13.3. The number of hydrogen-bond acceptors (Lipinski definition) is 8. The number of nitrogens with one attached hydrogen (secondary N) is 1. The summed E-state index contributed by atoms with van der Waals surface area (Å²) >= 11 is 0. The number of hydrogen-bond donors (Lipinski definition) is 1. The lowest BCUT2D eigenvalue weighted by Crippen LogP contribution is -2.47. The average molecular weight is 597 g/mol. The molecule has 0 saturated heterocycles. The normalized spacial score (nSPS) is 13.5. The van der Waals surface area contributed by atoms with E-state index >= 15 is 0 Å². The van der Waals surface area contributed by atoms with E-state index in [2.05, 4.69) is 10.3 Å². The Morgan fingerprint density at radius 3 is 2.02 bits per heavy atom. The molecule has 2 unspecified atom stereocenters. The zero-order valence-corrected chi connectivity index (χ0v) is 24.2. The van der Waals surface area contributed by atoms with Crippen molar-refractivity contribution in [2.24, 2.45) is 5.92 Å². The number of imide groups is 1. The number of oxazole rings is 1. The summed E-state index contributed by atoms with van der Waals surface area (Å²) in [5.41, 5.74) is 1.76. The van der Waals surface area contributed by atoms with Crippen LogP contribution in [0.15, 0.2) is 89.3 Å². The number of amides is 2. The first-order chi connectivity index (χ1) is 19.6. The van der Waals surface area contributed by atoms with E-state index in [1.807, 2.05) is 6.92 Å². The fraction of sp³-hybridized carbons (Fsp3) is 0.300. The summed E-state index contributed by atoms with van der Waals surface area (Å²) in [4.78, 5) is 30.7. The summed E-state index contributed by atoms with van der Waals surface area (Å²) in [6.45, 7) is 1.87. The number of aromatic nitrogens is 1. The third kappa shape index (κ3) is 8.11. The predicted molar refractivity (Wildman–Crippen MR) is 156 cm³/mol. The Labute approximate surface area is 239 Å². The van der Waals surface area contributed by atoms with E-state index in [1.165, 1.54) is 0 Å². The summed E-state index contributed by atoms with van der Waals surface area (Å²) in [6.07, 6.45) is 1.13. The largest absolute Gasteiger partial charge is 0.432 e. The molecule has 0 saturated carbocycles. The number of nitrogens with zero attached hydrogens (tertiary/aromatic N) is 1. The molecule has 2 amide bonds. The van der Waals surface area contributed by atoms with Gasteiger partial charge in [0.1, 0.15) is 5.52 Å². The molecular formula is C30H32N2O7S2. The van der Waals surface area contributed by atoms with Crippen LogP contribution < -0.4 is 5.32 Å². The van der Waals surface area contributed by atoms with Crippen molar-refractivity contribution in [3.63, 3.8) is 0 Å². The lowest BCUT2D eigenvalue weighted by atomic mass is 10.0. The molecule has 0 spiro atoms. The molecule has 4 rings (SSSR count). The van der Waals surface area contributed by atoms with Gasteiger partial charge in [-0.3, -0.25) is 14.9 Å². The summed E-state index contributed by atoms with van der Waals surface area (Å²) in [5, 5.41) is 0.831. The van der Waals surface area contributed by atoms with Crippen molar-refractivity contribution < 1.29 is 30.8 Å². The van der Waals surface area contributed by atoms with Gasteiger partial charge >= 0.3 is 5.91 Å². The fourth-order valence-electron chi connectivity index (χ4n) is 4.69. The van der Waals surface area contributed by atoms with Crippen molar-refractivity contribution >= 4 is 42.6 Å². The minimum absolute atomic E-state index is 0.0572. The van der Waals surface area contributed by atoms with Crippen molar-refractivity contribution in [2.45, 2.75) is 42.9 Å². The number of carbonyl (C=O) groups is 2. The van der Waals surface area contributed by atoms with Crippen molar-refractivity contribution in [2.75, 3.05) is 5.75 Å². The van der Waals surface area contributed by atoms with Crippen LogP contribution in [0.1, 0.15) is 48.0 Å². The predicted octanol–water partition coefficient (Wildman–Crippen LogP) is 4.49. The Balaban J connectivity index is 1.67. The van der Waals surface area contributed by atoms with E-state index in [9.17, 15) is 26.4 Å². The van der Waals surface area contributed by atoms with Crippen LogP contribution in [-0.4, -0.2) is 44.6 Å². The maximum absolute atomic E-state index is 13.8. The lowest BCUT2D eigenvalue weighted by molar-refractivity contribution is -0.123. The molecule has 9 nitrogen and oxygen atoms in total. The summed E-state index contributed by atoms with van der Waals surface area (Å²) < 4.78 is 59.7. The van der Waals surface area contributed by atoms with Crippen LogP contribution in [0.5, 0.6) is 0 Å². The van der Waals surface area contributed by atoms with Crippen molar-refractivity contribution in [1.29, 1.82) is 0 Å². The molecule has 2 atom stereocenters. The van der Waals surface area contributed by atoms with Crippen LogP contribution in [0.2, 0.25) is 0 Å². The Morgan fingerprint density at radius 2 is 1.41 bits per heavy atom. The number of para-hydroxylation sites is 2. The zero-order valence-electron chi connectivity index (χ0n) is 22.6. The maximum atomic E-state index is 13.8. The van der Waals surface area contributed by atoms with Crippen molar-refractivity contribution in [3.05, 3.63) is 102 Å². The molecule has 1 aromatic heterocycles. The van der Waals surface area contributed by atoms with Gasteiger partial charge in [0.25, 0.3) is 5.89 Å². The number of unbranched alkanes of at least 4 members (excludes halogenated alkanes) is 1. The average Bonchev–Trinajstić information content (AvgIpc) is 3.38. The van der Waals surface area contributed by atoms with Gasteiger partial charge in [-0.2, -0.15) is 0 Å². The van der Waals surface area contributed by atoms with Crippen LogP contribution in [0.25, 0.3) is 11.1 Å². The second kappa shape index (κ2) is 13.2. The molecule has 0 bridgehead atoms. The van der Waals surface area contributed by atoms with E-state index in [1.54, 1.807) is 84.9 Å². The molecule has 11 heteroatoms. The molecule has 1 heterocycles. The lowest BCUT2D eigenvalue weighted by Gasteiger charge is -2.26. The van der Waals surface area contributed by atoms with Gasteiger partial charge in [0.05, 0.1) is 28.4 Å².